The van der Waals surface area contributed by atoms with Crippen molar-refractivity contribution in [3.8, 4) is 22.6 Å². The molecule has 6 nitrogen and oxygen atoms in total. The third-order valence-electron chi connectivity index (χ3n) is 3.43. The van der Waals surface area contributed by atoms with Crippen LogP contribution in [0, 0.1) is 0 Å². The van der Waals surface area contributed by atoms with Crippen LogP contribution >= 0.6 is 11.8 Å². The predicted molar refractivity (Wildman–Crippen MR) is 95.4 cm³/mol. The highest BCUT2D eigenvalue weighted by Gasteiger charge is 2.27. The molecule has 3 rings (SSSR count). The summed E-state index contributed by atoms with van der Waals surface area (Å²) < 4.78 is 5.82. The van der Waals surface area contributed by atoms with Crippen LogP contribution in [0.5, 0.6) is 0 Å². The van der Waals surface area contributed by atoms with Gasteiger partial charge in [-0.2, -0.15) is 0 Å². The largest absolute Gasteiger partial charge is 0.431 e. The summed E-state index contributed by atoms with van der Waals surface area (Å²) in [5.74, 6) is -1.13. The van der Waals surface area contributed by atoms with E-state index in [0.29, 0.717) is 11.5 Å². The summed E-state index contributed by atoms with van der Waals surface area (Å²) in [5.41, 5.74) is 12.7. The summed E-state index contributed by atoms with van der Waals surface area (Å²) in [6.45, 7) is 0. The summed E-state index contributed by atoms with van der Waals surface area (Å²) in [7, 11) is 0. The Hall–Kier alpha value is -3.06. The molecule has 0 fully saturated rings. The highest BCUT2D eigenvalue weighted by molar-refractivity contribution is 8.01. The first kappa shape index (κ1) is 16.8. The van der Waals surface area contributed by atoms with Crippen LogP contribution in [-0.4, -0.2) is 22.0 Å². The van der Waals surface area contributed by atoms with Crippen LogP contribution < -0.4 is 11.5 Å². The van der Waals surface area contributed by atoms with Gasteiger partial charge in [0.15, 0.2) is 11.0 Å². The van der Waals surface area contributed by atoms with Crippen molar-refractivity contribution in [2.75, 3.05) is 0 Å². The van der Waals surface area contributed by atoms with E-state index < -0.39 is 17.1 Å². The first-order chi connectivity index (χ1) is 12.1. The van der Waals surface area contributed by atoms with Gasteiger partial charge in [0.05, 0.1) is 0 Å². The molecule has 2 amide bonds. The van der Waals surface area contributed by atoms with Gasteiger partial charge in [-0.25, -0.2) is 4.98 Å². The molecule has 2 aromatic carbocycles. The molecule has 7 heteroatoms. The molecule has 0 unspecified atom stereocenters. The molecule has 0 aliphatic rings. The zero-order chi connectivity index (χ0) is 17.8. The summed E-state index contributed by atoms with van der Waals surface area (Å²) in [5, 5.41) is -1.09. The van der Waals surface area contributed by atoms with Crippen molar-refractivity contribution in [3.63, 3.8) is 0 Å². The molecule has 0 atom stereocenters. The predicted octanol–water partition coefficient (Wildman–Crippen LogP) is 2.44. The van der Waals surface area contributed by atoms with Crippen LogP contribution in [-0.2, 0) is 9.59 Å². The lowest BCUT2D eigenvalue weighted by Crippen LogP contribution is -2.37. The zero-order valence-electron chi connectivity index (χ0n) is 13.1. The quantitative estimate of drug-likeness (QED) is 0.522. The Balaban J connectivity index is 2.06. The van der Waals surface area contributed by atoms with Crippen molar-refractivity contribution >= 4 is 23.6 Å². The highest BCUT2D eigenvalue weighted by Crippen LogP contribution is 2.36. The fourth-order valence-electron chi connectivity index (χ4n) is 2.28. The standard InChI is InChI=1S/C18H15N3O3S/c19-16(22)15(17(20)23)25-18-21-13(11-7-3-1-4-8-11)14(24-18)12-9-5-2-6-10-12/h1-10,15H,(H2,19,22)(H2,20,23). The van der Waals surface area contributed by atoms with Crippen molar-refractivity contribution in [2.45, 2.75) is 10.5 Å². The summed E-state index contributed by atoms with van der Waals surface area (Å²) in [6, 6.07) is 18.9. The van der Waals surface area contributed by atoms with E-state index >= 15 is 0 Å². The Morgan fingerprint density at radius 1 is 0.880 bits per heavy atom. The SMILES string of the molecule is NC(=O)C(Sc1nc(-c2ccccc2)c(-c2ccccc2)o1)C(N)=O. The number of carbonyl (C=O) groups is 2. The van der Waals surface area contributed by atoms with E-state index in [1.165, 1.54) is 0 Å². The average Bonchev–Trinajstić information content (AvgIpc) is 3.05. The van der Waals surface area contributed by atoms with E-state index in [1.54, 1.807) is 0 Å². The van der Waals surface area contributed by atoms with Gasteiger partial charge in [-0.05, 0) is 11.8 Å². The van der Waals surface area contributed by atoms with Crippen molar-refractivity contribution in [1.29, 1.82) is 0 Å². The van der Waals surface area contributed by atoms with E-state index in [0.717, 1.165) is 22.9 Å². The van der Waals surface area contributed by atoms with Crippen LogP contribution in [0.25, 0.3) is 22.6 Å². The van der Waals surface area contributed by atoms with Gasteiger partial charge in [0.2, 0.25) is 11.8 Å². The molecule has 1 aromatic heterocycles. The number of carbonyl (C=O) groups excluding carboxylic acids is 2. The van der Waals surface area contributed by atoms with Crippen molar-refractivity contribution in [3.05, 3.63) is 60.7 Å². The maximum Gasteiger partial charge on any atom is 0.258 e. The number of nitrogens with zero attached hydrogens (tertiary/aromatic N) is 1. The molecule has 126 valence electrons. The van der Waals surface area contributed by atoms with Gasteiger partial charge >= 0.3 is 0 Å². The minimum atomic E-state index is -1.24. The van der Waals surface area contributed by atoms with Crippen molar-refractivity contribution in [2.24, 2.45) is 11.5 Å². The average molecular weight is 353 g/mol. The number of benzene rings is 2. The lowest BCUT2D eigenvalue weighted by atomic mass is 10.1. The molecular weight excluding hydrogens is 338 g/mol. The van der Waals surface area contributed by atoms with Crippen LogP contribution in [0.2, 0.25) is 0 Å². The smallest absolute Gasteiger partial charge is 0.258 e. The molecule has 0 bridgehead atoms. The van der Waals surface area contributed by atoms with E-state index in [9.17, 15) is 9.59 Å². The Morgan fingerprint density at radius 3 is 1.92 bits per heavy atom. The van der Waals surface area contributed by atoms with Gasteiger partial charge in [0.25, 0.3) is 5.22 Å². The monoisotopic (exact) mass is 353 g/mol. The van der Waals surface area contributed by atoms with Gasteiger partial charge in [0.1, 0.15) is 5.69 Å². The van der Waals surface area contributed by atoms with E-state index in [1.807, 2.05) is 60.7 Å². The highest BCUT2D eigenvalue weighted by atomic mass is 32.2. The van der Waals surface area contributed by atoms with Gasteiger partial charge in [-0.3, -0.25) is 9.59 Å². The minimum absolute atomic E-state index is 0.153. The summed E-state index contributed by atoms with van der Waals surface area (Å²) >= 11 is 0.802. The lowest BCUT2D eigenvalue weighted by molar-refractivity contribution is -0.125. The lowest BCUT2D eigenvalue weighted by Gasteiger charge is -2.04. The number of hydrogen-bond donors (Lipinski definition) is 2. The zero-order valence-corrected chi connectivity index (χ0v) is 13.9. The third kappa shape index (κ3) is 3.72. The van der Waals surface area contributed by atoms with Crippen LogP contribution in [0.1, 0.15) is 0 Å². The van der Waals surface area contributed by atoms with Gasteiger partial charge in [0, 0.05) is 11.1 Å². The second-order valence-electron chi connectivity index (χ2n) is 5.19. The molecule has 0 aliphatic heterocycles. The molecule has 0 saturated heterocycles. The Morgan fingerprint density at radius 2 is 1.40 bits per heavy atom. The Bertz CT molecular complexity index is 823. The topological polar surface area (TPSA) is 112 Å². The molecule has 0 radical (unpaired) electrons. The Labute approximate surface area is 148 Å². The normalized spacial score (nSPS) is 10.8. The Kier molecular flexibility index (Phi) is 4.85. The van der Waals surface area contributed by atoms with Gasteiger partial charge < -0.3 is 15.9 Å². The molecule has 0 saturated carbocycles. The van der Waals surface area contributed by atoms with E-state index in [4.69, 9.17) is 15.9 Å². The van der Waals surface area contributed by atoms with Gasteiger partial charge in [-0.15, -0.1) is 0 Å². The second-order valence-corrected chi connectivity index (χ2v) is 6.25. The molecule has 1 heterocycles. The number of rotatable bonds is 6. The number of oxazole rings is 1. The van der Waals surface area contributed by atoms with Crippen LogP contribution in [0.4, 0.5) is 0 Å². The number of primary amides is 2. The van der Waals surface area contributed by atoms with Crippen molar-refractivity contribution in [1.82, 2.24) is 4.98 Å². The molecule has 25 heavy (non-hydrogen) atoms. The number of aromatic nitrogens is 1. The molecule has 0 spiro atoms. The van der Waals surface area contributed by atoms with E-state index in [-0.39, 0.29) is 5.22 Å². The maximum absolute atomic E-state index is 11.4. The second kappa shape index (κ2) is 7.23. The molecule has 4 N–H and O–H groups in total. The summed E-state index contributed by atoms with van der Waals surface area (Å²) in [6.07, 6.45) is 0. The molecule has 3 aromatic rings. The number of amides is 2. The van der Waals surface area contributed by atoms with E-state index in [2.05, 4.69) is 4.98 Å². The number of thioether (sulfide) groups is 1. The van der Waals surface area contributed by atoms with Crippen LogP contribution in [0.15, 0.2) is 70.3 Å². The van der Waals surface area contributed by atoms with Crippen molar-refractivity contribution < 1.29 is 14.0 Å². The first-order valence-corrected chi connectivity index (χ1v) is 8.31. The number of hydrogen-bond acceptors (Lipinski definition) is 5. The van der Waals surface area contributed by atoms with Gasteiger partial charge in [-0.1, -0.05) is 60.7 Å². The first-order valence-electron chi connectivity index (χ1n) is 7.43. The summed E-state index contributed by atoms with van der Waals surface area (Å²) in [4.78, 5) is 27.3. The third-order valence-corrected chi connectivity index (χ3v) is 4.50. The maximum atomic E-state index is 11.4. The fraction of sp³-hybridized carbons (Fsp3) is 0.0556. The number of nitrogens with two attached hydrogens (primary N) is 2. The molecular formula is C18H15N3O3S. The minimum Gasteiger partial charge on any atom is -0.431 e. The fourth-order valence-corrected chi connectivity index (χ4v) is 2.99. The molecule has 0 aliphatic carbocycles. The van der Waals surface area contributed by atoms with Crippen LogP contribution in [0.3, 0.4) is 0 Å².